The van der Waals surface area contributed by atoms with Crippen LogP contribution in [0.3, 0.4) is 0 Å². The van der Waals surface area contributed by atoms with E-state index in [0.717, 1.165) is 30.0 Å². The number of benzene rings is 1. The maximum Gasteiger partial charge on any atom is 0.220 e. The molecule has 0 aliphatic carbocycles. The molecule has 5 heteroatoms. The van der Waals surface area contributed by atoms with Crippen LogP contribution in [0.25, 0.3) is 0 Å². The number of rotatable bonds is 6. The van der Waals surface area contributed by atoms with Crippen LogP contribution < -0.4 is 5.32 Å². The van der Waals surface area contributed by atoms with Crippen LogP contribution in [-0.2, 0) is 12.8 Å². The molecular weight excluding hydrogens is 286 g/mol. The van der Waals surface area contributed by atoms with Gasteiger partial charge in [0.05, 0.1) is 6.42 Å². The third-order valence-corrected chi connectivity index (χ3v) is 3.25. The highest BCUT2D eigenvalue weighted by Gasteiger charge is 2.09. The van der Waals surface area contributed by atoms with Gasteiger partial charge in [0.2, 0.25) is 11.8 Å². The van der Waals surface area contributed by atoms with Crippen LogP contribution in [0.4, 0.5) is 0 Å². The number of nitrogens with zero attached hydrogens (tertiary/aromatic N) is 2. The van der Waals surface area contributed by atoms with Gasteiger partial charge >= 0.3 is 0 Å². The molecule has 1 heterocycles. The molecule has 0 fully saturated rings. The van der Waals surface area contributed by atoms with Crippen LogP contribution in [0.15, 0.2) is 28.7 Å². The van der Waals surface area contributed by atoms with Gasteiger partial charge < -0.3 is 9.73 Å². The summed E-state index contributed by atoms with van der Waals surface area (Å²) in [7, 11) is 0. The van der Waals surface area contributed by atoms with Crippen molar-refractivity contribution in [3.05, 3.63) is 46.6 Å². The number of aryl methyl sites for hydroxylation is 1. The Morgan fingerprint density at radius 2 is 1.76 bits per heavy atom. The lowest BCUT2D eigenvalue weighted by molar-refractivity contribution is 0.406. The summed E-state index contributed by atoms with van der Waals surface area (Å²) in [5.74, 6) is 1.35. The second-order valence-electron chi connectivity index (χ2n) is 6.17. The minimum atomic E-state index is 0.147. The van der Waals surface area contributed by atoms with Crippen LogP contribution >= 0.6 is 11.6 Å². The molecule has 0 bridgehead atoms. The van der Waals surface area contributed by atoms with E-state index in [2.05, 4.69) is 36.3 Å². The first-order valence-corrected chi connectivity index (χ1v) is 7.61. The van der Waals surface area contributed by atoms with Crippen molar-refractivity contribution in [3.63, 3.8) is 0 Å². The number of halogens is 1. The van der Waals surface area contributed by atoms with Crippen LogP contribution in [0.5, 0.6) is 0 Å². The first-order chi connectivity index (χ1) is 9.92. The van der Waals surface area contributed by atoms with E-state index in [1.54, 1.807) is 0 Å². The Balaban J connectivity index is 1.80. The molecule has 21 heavy (non-hydrogen) atoms. The molecular formula is C16H22ClN3O. The first kappa shape index (κ1) is 16.0. The SMILES string of the molecule is CC(C)(C)NCCCc1nnc(Cc2ccc(Cl)cc2)o1. The van der Waals surface area contributed by atoms with Crippen molar-refractivity contribution in [2.75, 3.05) is 6.54 Å². The van der Waals surface area contributed by atoms with Gasteiger partial charge in [-0.1, -0.05) is 23.7 Å². The van der Waals surface area contributed by atoms with Crippen LogP contribution in [0.1, 0.15) is 44.5 Å². The Morgan fingerprint density at radius 1 is 1.10 bits per heavy atom. The molecule has 1 N–H and O–H groups in total. The van der Waals surface area contributed by atoms with Gasteiger partial charge in [-0.05, 0) is 51.4 Å². The summed E-state index contributed by atoms with van der Waals surface area (Å²) < 4.78 is 5.67. The third kappa shape index (κ3) is 5.86. The lowest BCUT2D eigenvalue weighted by atomic mass is 10.1. The molecule has 0 aliphatic rings. The third-order valence-electron chi connectivity index (χ3n) is 3.00. The van der Waals surface area contributed by atoms with E-state index in [0.29, 0.717) is 18.2 Å². The van der Waals surface area contributed by atoms with Gasteiger partial charge in [-0.25, -0.2) is 0 Å². The zero-order chi connectivity index (χ0) is 15.3. The molecule has 0 amide bonds. The Hall–Kier alpha value is -1.39. The van der Waals surface area contributed by atoms with Gasteiger partial charge in [0.15, 0.2) is 0 Å². The average molecular weight is 308 g/mol. The predicted octanol–water partition coefficient (Wildman–Crippen LogP) is 3.63. The summed E-state index contributed by atoms with van der Waals surface area (Å²) in [4.78, 5) is 0. The molecule has 1 aromatic heterocycles. The van der Waals surface area contributed by atoms with Crippen LogP contribution in [0, 0.1) is 0 Å². The zero-order valence-corrected chi connectivity index (χ0v) is 13.6. The molecule has 0 saturated carbocycles. The van der Waals surface area contributed by atoms with Gasteiger partial charge in [-0.3, -0.25) is 0 Å². The lowest BCUT2D eigenvalue weighted by Crippen LogP contribution is -2.36. The van der Waals surface area contributed by atoms with E-state index in [-0.39, 0.29) is 5.54 Å². The monoisotopic (exact) mass is 307 g/mol. The molecule has 1 aromatic carbocycles. The van der Waals surface area contributed by atoms with Crippen molar-refractivity contribution in [1.82, 2.24) is 15.5 Å². The Bertz CT molecular complexity index is 558. The zero-order valence-electron chi connectivity index (χ0n) is 12.8. The van der Waals surface area contributed by atoms with Crippen molar-refractivity contribution >= 4 is 11.6 Å². The van der Waals surface area contributed by atoms with Crippen molar-refractivity contribution in [1.29, 1.82) is 0 Å². The number of hydrogen-bond donors (Lipinski definition) is 1. The van der Waals surface area contributed by atoms with Crippen LogP contribution in [-0.4, -0.2) is 22.3 Å². The van der Waals surface area contributed by atoms with Crippen molar-refractivity contribution in [3.8, 4) is 0 Å². The quantitative estimate of drug-likeness (QED) is 0.828. The highest BCUT2D eigenvalue weighted by molar-refractivity contribution is 6.30. The Morgan fingerprint density at radius 3 is 2.43 bits per heavy atom. The molecule has 0 aliphatic heterocycles. The van der Waals surface area contributed by atoms with E-state index < -0.39 is 0 Å². The van der Waals surface area contributed by atoms with Gasteiger partial charge in [0, 0.05) is 17.0 Å². The fraction of sp³-hybridized carbons (Fsp3) is 0.500. The molecule has 0 saturated heterocycles. The van der Waals surface area contributed by atoms with Crippen LogP contribution in [0.2, 0.25) is 5.02 Å². The summed E-state index contributed by atoms with van der Waals surface area (Å²) >= 11 is 5.86. The smallest absolute Gasteiger partial charge is 0.220 e. The van der Waals surface area contributed by atoms with Crippen molar-refractivity contribution < 1.29 is 4.42 Å². The number of hydrogen-bond acceptors (Lipinski definition) is 4. The highest BCUT2D eigenvalue weighted by atomic mass is 35.5. The van der Waals surface area contributed by atoms with E-state index in [4.69, 9.17) is 16.0 Å². The fourth-order valence-corrected chi connectivity index (χ4v) is 2.07. The van der Waals surface area contributed by atoms with Gasteiger partial charge in [0.1, 0.15) is 0 Å². The van der Waals surface area contributed by atoms with E-state index in [1.165, 1.54) is 0 Å². The van der Waals surface area contributed by atoms with Crippen molar-refractivity contribution in [2.24, 2.45) is 0 Å². The Labute approximate surface area is 130 Å². The second-order valence-corrected chi connectivity index (χ2v) is 6.61. The molecule has 0 unspecified atom stereocenters. The number of aromatic nitrogens is 2. The molecule has 4 nitrogen and oxygen atoms in total. The normalized spacial score (nSPS) is 11.8. The molecule has 2 rings (SSSR count). The highest BCUT2D eigenvalue weighted by Crippen LogP contribution is 2.13. The van der Waals surface area contributed by atoms with Gasteiger partial charge in [-0.15, -0.1) is 10.2 Å². The van der Waals surface area contributed by atoms with Gasteiger partial charge in [-0.2, -0.15) is 0 Å². The fourth-order valence-electron chi connectivity index (χ4n) is 1.94. The summed E-state index contributed by atoms with van der Waals surface area (Å²) in [6.45, 7) is 7.41. The predicted molar refractivity (Wildman–Crippen MR) is 84.6 cm³/mol. The summed E-state index contributed by atoms with van der Waals surface area (Å²) in [6, 6.07) is 7.68. The minimum Gasteiger partial charge on any atom is -0.425 e. The summed E-state index contributed by atoms with van der Waals surface area (Å²) in [5.41, 5.74) is 1.26. The number of nitrogens with one attached hydrogen (secondary N) is 1. The first-order valence-electron chi connectivity index (χ1n) is 7.23. The molecule has 0 atom stereocenters. The largest absolute Gasteiger partial charge is 0.425 e. The summed E-state index contributed by atoms with van der Waals surface area (Å²) in [5, 5.41) is 12.4. The lowest BCUT2D eigenvalue weighted by Gasteiger charge is -2.19. The average Bonchev–Trinajstić information content (AvgIpc) is 2.84. The van der Waals surface area contributed by atoms with E-state index >= 15 is 0 Å². The molecule has 114 valence electrons. The maximum absolute atomic E-state index is 5.86. The topological polar surface area (TPSA) is 51.0 Å². The second kappa shape index (κ2) is 7.05. The van der Waals surface area contributed by atoms with Gasteiger partial charge in [0.25, 0.3) is 0 Å². The molecule has 0 radical (unpaired) electrons. The standard InChI is InChI=1S/C16H22ClN3O/c1-16(2,3)18-10-4-5-14-19-20-15(21-14)11-12-6-8-13(17)9-7-12/h6-9,18H,4-5,10-11H2,1-3H3. The molecule has 2 aromatic rings. The van der Waals surface area contributed by atoms with E-state index in [9.17, 15) is 0 Å². The van der Waals surface area contributed by atoms with Crippen molar-refractivity contribution in [2.45, 2.75) is 45.6 Å². The maximum atomic E-state index is 5.86. The minimum absolute atomic E-state index is 0.147. The van der Waals surface area contributed by atoms with E-state index in [1.807, 2.05) is 24.3 Å². The molecule has 0 spiro atoms. The Kier molecular flexibility index (Phi) is 5.37. The summed E-state index contributed by atoms with van der Waals surface area (Å²) in [6.07, 6.45) is 2.43.